The van der Waals surface area contributed by atoms with Crippen molar-refractivity contribution < 1.29 is 18.0 Å². The minimum atomic E-state index is -3.73. The van der Waals surface area contributed by atoms with Crippen molar-refractivity contribution in [1.29, 1.82) is 0 Å². The van der Waals surface area contributed by atoms with Gasteiger partial charge < -0.3 is 5.32 Å². The highest BCUT2D eigenvalue weighted by molar-refractivity contribution is 7.89. The lowest BCUT2D eigenvalue weighted by molar-refractivity contribution is -0.0258. The number of benzene rings is 2. The van der Waals surface area contributed by atoms with Crippen molar-refractivity contribution in [2.24, 2.45) is 0 Å². The molecule has 158 valence electrons. The summed E-state index contributed by atoms with van der Waals surface area (Å²) < 4.78 is 25.2. The van der Waals surface area contributed by atoms with Gasteiger partial charge in [-0.2, -0.15) is 0 Å². The molecule has 0 saturated heterocycles. The zero-order valence-electron chi connectivity index (χ0n) is 17.4. The fraction of sp³-hybridized carbons (Fsp3) is 0.381. The average molecular weight is 420 g/mol. The van der Waals surface area contributed by atoms with Crippen LogP contribution in [0.4, 0.5) is 0 Å². The van der Waals surface area contributed by atoms with Crippen LogP contribution in [-0.2, 0) is 28.0 Å². The van der Waals surface area contributed by atoms with Crippen molar-refractivity contribution in [3.8, 4) is 0 Å². The maximum Gasteiger partial charge on any atom is 0.264 e. The van der Waals surface area contributed by atoms with Gasteiger partial charge in [-0.15, -0.1) is 0 Å². The van der Waals surface area contributed by atoms with E-state index in [1.165, 1.54) is 44.0 Å². The smallest absolute Gasteiger partial charge is 0.264 e. The van der Waals surface area contributed by atoms with Gasteiger partial charge >= 0.3 is 0 Å². The van der Waals surface area contributed by atoms with Crippen LogP contribution >= 0.6 is 0 Å². The van der Waals surface area contributed by atoms with E-state index in [9.17, 15) is 13.2 Å². The summed E-state index contributed by atoms with van der Waals surface area (Å²) in [5.41, 5.74) is 2.62. The summed E-state index contributed by atoms with van der Waals surface area (Å²) in [6, 6.07) is 13.9. The number of hydrogen-bond acceptors (Lipinski definition) is 5. The predicted octanol–water partition coefficient (Wildman–Crippen LogP) is 2.64. The van der Waals surface area contributed by atoms with Gasteiger partial charge in [0.15, 0.2) is 0 Å². The molecule has 29 heavy (non-hydrogen) atoms. The molecule has 2 rings (SSSR count). The Morgan fingerprint density at radius 2 is 1.66 bits per heavy atom. The number of hydrogen-bond donors (Lipinski definition) is 1. The minimum absolute atomic E-state index is 0.0579. The molecular weight excluding hydrogens is 390 g/mol. The Bertz CT molecular complexity index is 910. The van der Waals surface area contributed by atoms with Crippen molar-refractivity contribution >= 4 is 15.9 Å². The van der Waals surface area contributed by atoms with Crippen LogP contribution in [0, 0.1) is 0 Å². The number of sulfonamides is 1. The number of hydroxylamine groups is 1. The van der Waals surface area contributed by atoms with E-state index in [4.69, 9.17) is 4.84 Å². The fourth-order valence-corrected chi connectivity index (χ4v) is 3.83. The van der Waals surface area contributed by atoms with Crippen LogP contribution in [0.1, 0.15) is 35.3 Å². The highest BCUT2D eigenvalue weighted by Crippen LogP contribution is 2.15. The Labute approximate surface area is 173 Å². The first-order chi connectivity index (χ1) is 13.8. The van der Waals surface area contributed by atoms with Gasteiger partial charge in [-0.3, -0.25) is 14.5 Å². The molecule has 2 aromatic carbocycles. The van der Waals surface area contributed by atoms with Gasteiger partial charge in [0.1, 0.15) is 0 Å². The third kappa shape index (κ3) is 6.11. The zero-order valence-corrected chi connectivity index (χ0v) is 18.2. The standard InChI is InChI=1S/C21H29N3O4S/c1-5-24(6-2)16-18-9-7-8-17(14-18)15-22-21(25)19-10-12-20(13-11-19)29(26,27)23(3)28-4/h7-14H,5-6,15-16H2,1-4H3,(H,22,25). The molecule has 7 nitrogen and oxygen atoms in total. The van der Waals surface area contributed by atoms with Crippen molar-refractivity contribution in [2.75, 3.05) is 27.2 Å². The lowest BCUT2D eigenvalue weighted by Crippen LogP contribution is -2.26. The first-order valence-corrected chi connectivity index (χ1v) is 11.0. The van der Waals surface area contributed by atoms with Gasteiger partial charge in [0, 0.05) is 25.7 Å². The summed E-state index contributed by atoms with van der Waals surface area (Å²) in [4.78, 5) is 19.6. The molecule has 0 aliphatic carbocycles. The Hall–Kier alpha value is -2.26. The molecule has 0 aliphatic rings. The second-order valence-electron chi connectivity index (χ2n) is 6.59. The molecule has 0 fully saturated rings. The molecular formula is C21H29N3O4S. The van der Waals surface area contributed by atoms with Crippen LogP contribution in [0.25, 0.3) is 0 Å². The van der Waals surface area contributed by atoms with E-state index in [0.29, 0.717) is 12.1 Å². The van der Waals surface area contributed by atoms with Crippen molar-refractivity contribution in [1.82, 2.24) is 14.7 Å². The third-order valence-electron chi connectivity index (χ3n) is 4.76. The lowest BCUT2D eigenvalue weighted by atomic mass is 10.1. The summed E-state index contributed by atoms with van der Waals surface area (Å²) >= 11 is 0. The molecule has 2 aromatic rings. The van der Waals surface area contributed by atoms with Crippen molar-refractivity contribution in [3.05, 3.63) is 65.2 Å². The number of carbonyl (C=O) groups excluding carboxylic acids is 1. The van der Waals surface area contributed by atoms with Gasteiger partial charge in [-0.1, -0.05) is 42.6 Å². The van der Waals surface area contributed by atoms with Crippen LogP contribution in [-0.4, -0.2) is 50.9 Å². The minimum Gasteiger partial charge on any atom is -0.348 e. The molecule has 8 heteroatoms. The van der Waals surface area contributed by atoms with Crippen molar-refractivity contribution in [3.63, 3.8) is 0 Å². The predicted molar refractivity (Wildman–Crippen MR) is 113 cm³/mol. The molecule has 0 heterocycles. The molecule has 1 amide bonds. The summed E-state index contributed by atoms with van der Waals surface area (Å²) in [7, 11) is -1.15. The Morgan fingerprint density at radius 1 is 1.03 bits per heavy atom. The molecule has 0 saturated carbocycles. The topological polar surface area (TPSA) is 79.0 Å². The van der Waals surface area contributed by atoms with E-state index in [1.807, 2.05) is 12.1 Å². The first kappa shape index (κ1) is 23.0. The van der Waals surface area contributed by atoms with Crippen LogP contribution in [0.3, 0.4) is 0 Å². The fourth-order valence-electron chi connectivity index (χ4n) is 2.85. The maximum atomic E-state index is 12.4. The highest BCUT2D eigenvalue weighted by Gasteiger charge is 2.20. The van der Waals surface area contributed by atoms with E-state index >= 15 is 0 Å². The molecule has 0 aliphatic heterocycles. The van der Waals surface area contributed by atoms with E-state index in [1.54, 1.807) is 0 Å². The quantitative estimate of drug-likeness (QED) is 0.599. The lowest BCUT2D eigenvalue weighted by Gasteiger charge is -2.18. The number of nitrogens with zero attached hydrogens (tertiary/aromatic N) is 2. The van der Waals surface area contributed by atoms with Gasteiger partial charge in [0.25, 0.3) is 15.9 Å². The van der Waals surface area contributed by atoms with Crippen molar-refractivity contribution in [2.45, 2.75) is 31.8 Å². The Kier molecular flexibility index (Phi) is 8.33. The number of rotatable bonds is 10. The van der Waals surface area contributed by atoms with Gasteiger partial charge in [-0.05, 0) is 48.5 Å². The zero-order chi connectivity index (χ0) is 21.4. The number of amides is 1. The average Bonchev–Trinajstić information content (AvgIpc) is 2.75. The SMILES string of the molecule is CCN(CC)Cc1cccc(CNC(=O)c2ccc(S(=O)(=O)N(C)OC)cc2)c1. The monoisotopic (exact) mass is 419 g/mol. The molecule has 0 spiro atoms. The maximum absolute atomic E-state index is 12.4. The molecule has 1 N–H and O–H groups in total. The largest absolute Gasteiger partial charge is 0.348 e. The molecule has 0 aromatic heterocycles. The molecule has 0 bridgehead atoms. The first-order valence-electron chi connectivity index (χ1n) is 9.53. The normalized spacial score (nSPS) is 11.8. The molecule has 0 unspecified atom stereocenters. The number of carbonyl (C=O) groups is 1. The number of nitrogens with one attached hydrogen (secondary N) is 1. The van der Waals surface area contributed by atoms with E-state index in [0.717, 1.165) is 29.7 Å². The van der Waals surface area contributed by atoms with Crippen LogP contribution in [0.2, 0.25) is 0 Å². The molecule has 0 atom stereocenters. The molecule has 0 radical (unpaired) electrons. The summed E-state index contributed by atoms with van der Waals surface area (Å²) in [6.07, 6.45) is 0. The second-order valence-corrected chi connectivity index (χ2v) is 8.52. The Balaban J connectivity index is 2.01. The second kappa shape index (κ2) is 10.5. The summed E-state index contributed by atoms with van der Waals surface area (Å²) in [5, 5.41) is 2.88. The summed E-state index contributed by atoms with van der Waals surface area (Å²) in [6.45, 7) is 7.53. The third-order valence-corrected chi connectivity index (χ3v) is 6.45. The van der Waals surface area contributed by atoms with Gasteiger partial charge in [0.2, 0.25) is 0 Å². The van der Waals surface area contributed by atoms with Gasteiger partial charge in [-0.25, -0.2) is 8.42 Å². The van der Waals surface area contributed by atoms with E-state index in [2.05, 4.69) is 36.2 Å². The van der Waals surface area contributed by atoms with Gasteiger partial charge in [0.05, 0.1) is 12.0 Å². The summed E-state index contributed by atoms with van der Waals surface area (Å²) in [5.74, 6) is -0.261. The van der Waals surface area contributed by atoms with Crippen LogP contribution in [0.15, 0.2) is 53.4 Å². The van der Waals surface area contributed by atoms with E-state index < -0.39 is 10.0 Å². The highest BCUT2D eigenvalue weighted by atomic mass is 32.2. The van der Waals surface area contributed by atoms with Crippen LogP contribution < -0.4 is 5.32 Å². The van der Waals surface area contributed by atoms with E-state index in [-0.39, 0.29) is 10.8 Å². The van der Waals surface area contributed by atoms with Crippen LogP contribution in [0.5, 0.6) is 0 Å². The Morgan fingerprint density at radius 3 is 2.24 bits per heavy atom.